The first-order valence-electron chi connectivity index (χ1n) is 8.30. The molecule has 0 unspecified atom stereocenters. The highest BCUT2D eigenvalue weighted by Crippen LogP contribution is 2.32. The first kappa shape index (κ1) is 16.8. The van der Waals surface area contributed by atoms with Crippen LogP contribution in [0.2, 0.25) is 0 Å². The highest BCUT2D eigenvalue weighted by atomic mass is 16.5. The highest BCUT2D eigenvalue weighted by molar-refractivity contribution is 5.92. The Labute approximate surface area is 154 Å². The quantitative estimate of drug-likeness (QED) is 0.431. The summed E-state index contributed by atoms with van der Waals surface area (Å²) in [5.74, 6) is 0.602. The van der Waals surface area contributed by atoms with Gasteiger partial charge in [-0.05, 0) is 49.2 Å². The van der Waals surface area contributed by atoms with Gasteiger partial charge in [0.1, 0.15) is 5.58 Å². The zero-order valence-electron chi connectivity index (χ0n) is 15.1. The van der Waals surface area contributed by atoms with Gasteiger partial charge in [0.2, 0.25) is 5.82 Å². The minimum Gasteiger partial charge on any atom is -0.465 e. The second-order valence-electron chi connectivity index (χ2n) is 6.27. The number of methoxy groups -OCH3 is 1. The summed E-state index contributed by atoms with van der Waals surface area (Å²) in [7, 11) is 1.31. The molecule has 0 saturated heterocycles. The molecule has 2 aromatic heterocycles. The van der Waals surface area contributed by atoms with Gasteiger partial charge in [-0.3, -0.25) is 0 Å². The number of furan rings is 1. The zero-order valence-corrected chi connectivity index (χ0v) is 15.1. The third-order valence-electron chi connectivity index (χ3n) is 4.45. The number of rotatable bonds is 3. The van der Waals surface area contributed by atoms with Gasteiger partial charge in [-0.1, -0.05) is 17.3 Å². The molecule has 27 heavy (non-hydrogen) atoms. The van der Waals surface area contributed by atoms with Crippen molar-refractivity contribution in [3.63, 3.8) is 0 Å². The predicted octanol–water partition coefficient (Wildman–Crippen LogP) is 4.14. The van der Waals surface area contributed by atoms with E-state index in [0.29, 0.717) is 28.4 Å². The third-order valence-corrected chi connectivity index (χ3v) is 4.45. The fourth-order valence-corrected chi connectivity index (χ4v) is 2.94. The minimum atomic E-state index is -0.463. The maximum Gasteiger partial charge on any atom is 0.337 e. The number of nitrogen functional groups attached to an aromatic ring is 1. The monoisotopic (exact) mass is 363 g/mol. The second-order valence-corrected chi connectivity index (χ2v) is 6.27. The lowest BCUT2D eigenvalue weighted by atomic mass is 10.1. The molecule has 0 saturated carbocycles. The van der Waals surface area contributed by atoms with Crippen molar-refractivity contribution in [1.29, 1.82) is 0 Å². The van der Waals surface area contributed by atoms with Gasteiger partial charge in [-0.15, -0.1) is 0 Å². The lowest BCUT2D eigenvalue weighted by Crippen LogP contribution is -2.02. The van der Waals surface area contributed by atoms with Gasteiger partial charge in [0.05, 0.1) is 12.7 Å². The van der Waals surface area contributed by atoms with Crippen LogP contribution in [0.1, 0.15) is 21.5 Å². The summed E-state index contributed by atoms with van der Waals surface area (Å²) in [5, 5.41) is 5.00. The van der Waals surface area contributed by atoms with E-state index in [2.05, 4.69) is 10.1 Å². The van der Waals surface area contributed by atoms with Gasteiger partial charge >= 0.3 is 5.97 Å². The van der Waals surface area contributed by atoms with Crippen LogP contribution in [0.15, 0.2) is 45.3 Å². The normalized spacial score (nSPS) is 11.1. The summed E-state index contributed by atoms with van der Waals surface area (Å²) in [6, 6.07) is 10.7. The van der Waals surface area contributed by atoms with Gasteiger partial charge in [0.25, 0.3) is 5.89 Å². The SMILES string of the molecule is COC(=O)c1ccc(-c2noc(-c3cc4c(C)ccc(C)c4o3)n2)c(N)c1. The Balaban J connectivity index is 1.73. The molecule has 2 heterocycles. The molecule has 0 fully saturated rings. The van der Waals surface area contributed by atoms with E-state index < -0.39 is 5.97 Å². The maximum absolute atomic E-state index is 11.6. The summed E-state index contributed by atoms with van der Waals surface area (Å²) in [4.78, 5) is 16.0. The van der Waals surface area contributed by atoms with Gasteiger partial charge in [0.15, 0.2) is 5.76 Å². The molecular weight excluding hydrogens is 346 g/mol. The van der Waals surface area contributed by atoms with Crippen molar-refractivity contribution in [3.05, 3.63) is 53.1 Å². The summed E-state index contributed by atoms with van der Waals surface area (Å²) < 4.78 is 16.0. The van der Waals surface area contributed by atoms with Crippen molar-refractivity contribution < 1.29 is 18.5 Å². The van der Waals surface area contributed by atoms with Crippen LogP contribution in [0.4, 0.5) is 5.69 Å². The standard InChI is InChI=1S/C20H17N3O4/c1-10-4-5-11(2)17-14(10)9-16(26-17)19-22-18(23-27-19)13-7-6-12(8-15(13)21)20(24)25-3/h4-9H,21H2,1-3H3. The van der Waals surface area contributed by atoms with Crippen LogP contribution in [0.3, 0.4) is 0 Å². The Bertz CT molecular complexity index is 1130. The minimum absolute atomic E-state index is 0.261. The van der Waals surface area contributed by atoms with E-state index in [0.717, 1.165) is 22.1 Å². The Morgan fingerprint density at radius 2 is 1.89 bits per heavy atom. The van der Waals surface area contributed by atoms with Crippen LogP contribution in [0, 0.1) is 13.8 Å². The number of hydrogen-bond acceptors (Lipinski definition) is 7. The van der Waals surface area contributed by atoms with E-state index in [1.165, 1.54) is 13.2 Å². The van der Waals surface area contributed by atoms with Crippen molar-refractivity contribution in [2.24, 2.45) is 0 Å². The summed E-state index contributed by atoms with van der Waals surface area (Å²) in [6.07, 6.45) is 0. The molecule has 2 N–H and O–H groups in total. The smallest absolute Gasteiger partial charge is 0.337 e. The highest BCUT2D eigenvalue weighted by Gasteiger charge is 2.18. The Morgan fingerprint density at radius 1 is 1.11 bits per heavy atom. The first-order chi connectivity index (χ1) is 13.0. The Kier molecular flexibility index (Phi) is 3.92. The number of aryl methyl sites for hydroxylation is 2. The molecule has 7 heteroatoms. The van der Waals surface area contributed by atoms with E-state index in [1.54, 1.807) is 12.1 Å². The molecule has 0 aliphatic carbocycles. The van der Waals surface area contributed by atoms with E-state index in [4.69, 9.17) is 19.4 Å². The van der Waals surface area contributed by atoms with Crippen molar-refractivity contribution in [2.75, 3.05) is 12.8 Å². The van der Waals surface area contributed by atoms with Crippen LogP contribution >= 0.6 is 0 Å². The topological polar surface area (TPSA) is 104 Å². The van der Waals surface area contributed by atoms with Crippen molar-refractivity contribution >= 4 is 22.6 Å². The molecule has 0 aliphatic heterocycles. The number of nitrogens with zero attached hydrogens (tertiary/aromatic N) is 2. The number of carbonyl (C=O) groups excluding carboxylic acids is 1. The number of anilines is 1. The molecule has 0 radical (unpaired) electrons. The largest absolute Gasteiger partial charge is 0.465 e. The van der Waals surface area contributed by atoms with Crippen LogP contribution in [-0.4, -0.2) is 23.2 Å². The van der Waals surface area contributed by atoms with E-state index in [9.17, 15) is 4.79 Å². The molecule has 4 aromatic rings. The van der Waals surface area contributed by atoms with Crippen molar-refractivity contribution in [3.8, 4) is 23.0 Å². The second kappa shape index (κ2) is 6.28. The number of carbonyl (C=O) groups is 1. The number of esters is 1. The molecule has 0 bridgehead atoms. The summed E-state index contributed by atoms with van der Waals surface area (Å²) in [5.41, 5.74) is 10.2. The van der Waals surface area contributed by atoms with E-state index in [1.807, 2.05) is 32.0 Å². The number of hydrogen-bond donors (Lipinski definition) is 1. The van der Waals surface area contributed by atoms with Crippen LogP contribution in [0.25, 0.3) is 34.0 Å². The van der Waals surface area contributed by atoms with E-state index >= 15 is 0 Å². The molecule has 2 aromatic carbocycles. The Hall–Kier alpha value is -3.61. The molecule has 0 atom stereocenters. The molecule has 136 valence electrons. The number of nitrogens with two attached hydrogens (primary N) is 1. The number of fused-ring (bicyclic) bond motifs is 1. The number of aromatic nitrogens is 2. The first-order valence-corrected chi connectivity index (χ1v) is 8.30. The molecule has 0 aliphatic rings. The fourth-order valence-electron chi connectivity index (χ4n) is 2.94. The average Bonchev–Trinajstić information content (AvgIpc) is 3.31. The van der Waals surface area contributed by atoms with Gasteiger partial charge in [-0.2, -0.15) is 4.98 Å². The number of ether oxygens (including phenoxy) is 1. The van der Waals surface area contributed by atoms with Crippen LogP contribution in [0.5, 0.6) is 0 Å². The lowest BCUT2D eigenvalue weighted by Gasteiger charge is -2.03. The molecule has 0 amide bonds. The lowest BCUT2D eigenvalue weighted by molar-refractivity contribution is 0.0601. The van der Waals surface area contributed by atoms with Gasteiger partial charge in [0, 0.05) is 16.6 Å². The zero-order chi connectivity index (χ0) is 19.1. The Morgan fingerprint density at radius 3 is 2.59 bits per heavy atom. The fraction of sp³-hybridized carbons (Fsp3) is 0.150. The molecular formula is C20H17N3O4. The predicted molar refractivity (Wildman–Crippen MR) is 100 cm³/mol. The number of benzene rings is 2. The average molecular weight is 363 g/mol. The van der Waals surface area contributed by atoms with Crippen molar-refractivity contribution in [1.82, 2.24) is 10.1 Å². The maximum atomic E-state index is 11.6. The van der Waals surface area contributed by atoms with E-state index in [-0.39, 0.29) is 5.89 Å². The van der Waals surface area contributed by atoms with Gasteiger partial charge < -0.3 is 19.4 Å². The third kappa shape index (κ3) is 2.83. The van der Waals surface area contributed by atoms with Crippen molar-refractivity contribution in [2.45, 2.75) is 13.8 Å². The molecule has 7 nitrogen and oxygen atoms in total. The molecule has 4 rings (SSSR count). The summed E-state index contributed by atoms with van der Waals surface area (Å²) in [6.45, 7) is 4.00. The summed E-state index contributed by atoms with van der Waals surface area (Å²) >= 11 is 0. The van der Waals surface area contributed by atoms with Gasteiger partial charge in [-0.25, -0.2) is 4.79 Å². The van der Waals surface area contributed by atoms with Crippen LogP contribution in [-0.2, 0) is 4.74 Å². The van der Waals surface area contributed by atoms with Crippen LogP contribution < -0.4 is 5.73 Å². The molecule has 0 spiro atoms.